The maximum absolute atomic E-state index is 13.2. The molecule has 0 aliphatic carbocycles. The second-order valence-electron chi connectivity index (χ2n) is 10.8. The first kappa shape index (κ1) is 32.7. The predicted molar refractivity (Wildman–Crippen MR) is 138 cm³/mol. The van der Waals surface area contributed by atoms with Gasteiger partial charge in [-0.2, -0.15) is 0 Å². The topological polar surface area (TPSA) is 130 Å². The monoisotopic (exact) mass is 637 g/mol. The van der Waals surface area contributed by atoms with Crippen molar-refractivity contribution in [1.82, 2.24) is 25.0 Å². The number of nitrogens with one attached hydrogen (secondary N) is 1. The van der Waals surface area contributed by atoms with Crippen molar-refractivity contribution in [1.29, 1.82) is 0 Å². The van der Waals surface area contributed by atoms with E-state index in [4.69, 9.17) is 13.9 Å². The smallest absolute Gasteiger partial charge is 0.447 e. The second-order valence-corrected chi connectivity index (χ2v) is 10.8. The minimum atomic E-state index is -4.88. The molecule has 1 saturated heterocycles. The summed E-state index contributed by atoms with van der Waals surface area (Å²) in [5.41, 5.74) is -0.393. The van der Waals surface area contributed by atoms with E-state index in [1.165, 1.54) is 34.7 Å². The van der Waals surface area contributed by atoms with Crippen LogP contribution in [0.15, 0.2) is 28.7 Å². The molecule has 12 nitrogen and oxygen atoms in total. The van der Waals surface area contributed by atoms with E-state index in [-0.39, 0.29) is 24.6 Å². The fourth-order valence-corrected chi connectivity index (χ4v) is 4.55. The van der Waals surface area contributed by atoms with Gasteiger partial charge in [0.15, 0.2) is 0 Å². The molecule has 2 aromatic heterocycles. The van der Waals surface area contributed by atoms with Crippen molar-refractivity contribution in [2.24, 2.45) is 7.05 Å². The van der Waals surface area contributed by atoms with Crippen molar-refractivity contribution in [3.63, 3.8) is 0 Å². The first-order chi connectivity index (χ1) is 20.4. The van der Waals surface area contributed by atoms with Crippen LogP contribution in [0.25, 0.3) is 10.9 Å². The standard InChI is InChI=1S/C26H29F6N5O7/c1-24(2,3)44-23(39)37-13-15(6-8-17(37)21-34-35-22(42-21)40-9-10-41-25(27,28)29)33-20(38)19-11-14-5-7-16(43-26(30,31)32)12-18(14)36(19)4/h5,7,11-12,15,17H,6,8-10,13H2,1-4H3,(H,33,38)/t15-,17+/m0/s1. The third-order valence-corrected chi connectivity index (χ3v) is 6.31. The summed E-state index contributed by atoms with van der Waals surface area (Å²) in [7, 11) is 1.52. The number of hydrogen-bond donors (Lipinski definition) is 1. The largest absolute Gasteiger partial charge is 0.573 e. The maximum Gasteiger partial charge on any atom is 0.573 e. The number of likely N-dealkylation sites (tertiary alicyclic amines) is 1. The van der Waals surface area contributed by atoms with E-state index >= 15 is 0 Å². The minimum absolute atomic E-state index is 0.0448. The number of aryl methyl sites for hydroxylation is 1. The Bertz CT molecular complexity index is 1480. The number of halogens is 6. The first-order valence-corrected chi connectivity index (χ1v) is 13.2. The summed E-state index contributed by atoms with van der Waals surface area (Å²) in [6.45, 7) is 3.61. The highest BCUT2D eigenvalue weighted by Gasteiger charge is 2.39. The Morgan fingerprint density at radius 3 is 2.41 bits per heavy atom. The molecule has 0 spiro atoms. The fraction of sp³-hybridized carbons (Fsp3) is 0.538. The number of piperidine rings is 1. The van der Waals surface area contributed by atoms with E-state index in [1.54, 1.807) is 20.8 Å². The molecule has 2 amide bonds. The highest BCUT2D eigenvalue weighted by Crippen LogP contribution is 2.33. The number of carbonyl (C=O) groups is 2. The van der Waals surface area contributed by atoms with Crippen LogP contribution in [0.1, 0.15) is 56.0 Å². The lowest BCUT2D eigenvalue weighted by molar-refractivity contribution is -0.325. The Kier molecular flexibility index (Phi) is 9.22. The summed E-state index contributed by atoms with van der Waals surface area (Å²) in [5, 5.41) is 10.9. The number of alkyl halides is 6. The van der Waals surface area contributed by atoms with Crippen molar-refractivity contribution in [3.8, 4) is 11.8 Å². The van der Waals surface area contributed by atoms with Gasteiger partial charge in [-0.1, -0.05) is 5.10 Å². The molecule has 1 fully saturated rings. The van der Waals surface area contributed by atoms with Gasteiger partial charge in [-0.25, -0.2) is 4.79 Å². The quantitative estimate of drug-likeness (QED) is 0.260. The molecule has 0 bridgehead atoms. The van der Waals surface area contributed by atoms with Gasteiger partial charge in [0, 0.05) is 31.1 Å². The lowest BCUT2D eigenvalue weighted by atomic mass is 9.98. The van der Waals surface area contributed by atoms with Crippen molar-refractivity contribution in [2.45, 2.75) is 64.0 Å². The van der Waals surface area contributed by atoms with Crippen molar-refractivity contribution in [3.05, 3.63) is 35.9 Å². The lowest BCUT2D eigenvalue weighted by Crippen LogP contribution is -2.52. The molecule has 2 atom stereocenters. The van der Waals surface area contributed by atoms with Crippen LogP contribution >= 0.6 is 0 Å². The zero-order valence-electron chi connectivity index (χ0n) is 23.9. The fourth-order valence-electron chi connectivity index (χ4n) is 4.55. The Labute approximate surface area is 246 Å². The predicted octanol–water partition coefficient (Wildman–Crippen LogP) is 5.25. The number of amides is 2. The van der Waals surface area contributed by atoms with E-state index in [9.17, 15) is 35.9 Å². The molecule has 44 heavy (non-hydrogen) atoms. The molecule has 3 aromatic rings. The van der Waals surface area contributed by atoms with Crippen LogP contribution in [-0.4, -0.2) is 75.8 Å². The van der Waals surface area contributed by atoms with Crippen LogP contribution < -0.4 is 14.8 Å². The molecule has 0 radical (unpaired) electrons. The highest BCUT2D eigenvalue weighted by atomic mass is 19.4. The Hall–Kier alpha value is -4.22. The van der Waals surface area contributed by atoms with Crippen molar-refractivity contribution < 1.29 is 59.3 Å². The first-order valence-electron chi connectivity index (χ1n) is 13.2. The molecule has 0 saturated carbocycles. The number of nitrogens with zero attached hydrogens (tertiary/aromatic N) is 4. The van der Waals surface area contributed by atoms with E-state index in [2.05, 4.69) is 25.0 Å². The summed E-state index contributed by atoms with van der Waals surface area (Å²) in [4.78, 5) is 27.7. The van der Waals surface area contributed by atoms with Gasteiger partial charge in [0.2, 0.25) is 5.89 Å². The molecule has 1 aliphatic heterocycles. The van der Waals surface area contributed by atoms with Gasteiger partial charge in [-0.15, -0.1) is 31.4 Å². The summed E-state index contributed by atoms with van der Waals surface area (Å²) in [6.07, 6.45) is -10.3. The third-order valence-electron chi connectivity index (χ3n) is 6.31. The second kappa shape index (κ2) is 12.4. The van der Waals surface area contributed by atoms with E-state index in [0.29, 0.717) is 17.3 Å². The van der Waals surface area contributed by atoms with E-state index in [0.717, 1.165) is 6.07 Å². The van der Waals surface area contributed by atoms with Gasteiger partial charge < -0.3 is 28.5 Å². The lowest BCUT2D eigenvalue weighted by Gasteiger charge is -2.38. The Balaban J connectivity index is 1.47. The molecule has 4 rings (SSSR count). The molecule has 18 heteroatoms. The van der Waals surface area contributed by atoms with Crippen LogP contribution in [0.3, 0.4) is 0 Å². The van der Waals surface area contributed by atoms with E-state index in [1.807, 2.05) is 0 Å². The normalized spacial score (nSPS) is 17.9. The van der Waals surface area contributed by atoms with Gasteiger partial charge >= 0.3 is 24.9 Å². The van der Waals surface area contributed by atoms with Gasteiger partial charge in [0.25, 0.3) is 5.91 Å². The van der Waals surface area contributed by atoms with Gasteiger partial charge in [0.05, 0.1) is 12.1 Å². The number of ether oxygens (including phenoxy) is 4. The number of rotatable bonds is 8. The number of aromatic nitrogens is 3. The minimum Gasteiger partial charge on any atom is -0.447 e. The maximum atomic E-state index is 13.2. The molecular formula is C26H29F6N5O7. The average molecular weight is 638 g/mol. The highest BCUT2D eigenvalue weighted by molar-refractivity contribution is 5.99. The number of fused-ring (bicyclic) bond motifs is 1. The molecule has 3 heterocycles. The Morgan fingerprint density at radius 1 is 1.02 bits per heavy atom. The Morgan fingerprint density at radius 2 is 1.75 bits per heavy atom. The van der Waals surface area contributed by atoms with Crippen LogP contribution in [0.5, 0.6) is 11.8 Å². The SMILES string of the molecule is Cn1c(C(=O)N[C@H]2CC[C@H](c3nnc(OCCOC(F)(F)F)o3)N(C(=O)OC(C)(C)C)C2)cc2ccc(OC(F)(F)F)cc21. The van der Waals surface area contributed by atoms with Crippen LogP contribution in [0.4, 0.5) is 31.1 Å². The molecule has 1 aliphatic rings. The molecule has 0 unspecified atom stereocenters. The van der Waals surface area contributed by atoms with E-state index < -0.39 is 67.4 Å². The summed E-state index contributed by atoms with van der Waals surface area (Å²) in [5.74, 6) is -1.03. The number of hydrogen-bond acceptors (Lipinski definition) is 9. The van der Waals surface area contributed by atoms with Crippen LogP contribution in [-0.2, 0) is 16.5 Å². The van der Waals surface area contributed by atoms with Gasteiger partial charge in [-0.3, -0.25) is 14.4 Å². The van der Waals surface area contributed by atoms with Gasteiger partial charge in [0.1, 0.15) is 29.7 Å². The molecule has 1 aromatic carbocycles. The zero-order valence-corrected chi connectivity index (χ0v) is 23.9. The molecule has 242 valence electrons. The van der Waals surface area contributed by atoms with Crippen molar-refractivity contribution >= 4 is 22.9 Å². The van der Waals surface area contributed by atoms with Crippen LogP contribution in [0.2, 0.25) is 0 Å². The molecule has 1 N–H and O–H groups in total. The van der Waals surface area contributed by atoms with Crippen molar-refractivity contribution in [2.75, 3.05) is 19.8 Å². The number of benzene rings is 1. The number of carbonyl (C=O) groups excluding carboxylic acids is 2. The third kappa shape index (κ3) is 8.67. The zero-order chi connectivity index (χ0) is 32.4. The van der Waals surface area contributed by atoms with Gasteiger partial charge in [-0.05, 0) is 51.8 Å². The average Bonchev–Trinajstić information content (AvgIpc) is 3.49. The summed E-state index contributed by atoms with van der Waals surface area (Å²) >= 11 is 0. The van der Waals surface area contributed by atoms with Crippen LogP contribution in [0, 0.1) is 0 Å². The summed E-state index contributed by atoms with van der Waals surface area (Å²) < 4.78 is 99.5. The molecular weight excluding hydrogens is 608 g/mol. The summed E-state index contributed by atoms with van der Waals surface area (Å²) in [6, 6.07) is 3.83.